The van der Waals surface area contributed by atoms with Gasteiger partial charge in [0.05, 0.1) is 0 Å². The highest BCUT2D eigenvalue weighted by Gasteiger charge is 2.25. The molecule has 0 spiro atoms. The maximum absolute atomic E-state index is 12.3. The summed E-state index contributed by atoms with van der Waals surface area (Å²) in [5.74, 6) is 0.0909. The van der Waals surface area contributed by atoms with E-state index in [1.54, 1.807) is 23.7 Å². The second-order valence-corrected chi connectivity index (χ2v) is 5.29. The van der Waals surface area contributed by atoms with Gasteiger partial charge in [0.2, 0.25) is 5.95 Å². The van der Waals surface area contributed by atoms with Crippen molar-refractivity contribution in [3.05, 3.63) is 51.7 Å². The van der Waals surface area contributed by atoms with Crippen molar-refractivity contribution in [3.63, 3.8) is 0 Å². The molecule has 3 rings (SSSR count). The van der Waals surface area contributed by atoms with Crippen LogP contribution in [0.4, 0.5) is 5.95 Å². The predicted octanol–water partition coefficient (Wildman–Crippen LogP) is 1.48. The summed E-state index contributed by atoms with van der Waals surface area (Å²) in [7, 11) is 1.72. The van der Waals surface area contributed by atoms with Gasteiger partial charge in [0.1, 0.15) is 5.56 Å². The minimum Gasteiger partial charge on any atom is -0.315 e. The summed E-state index contributed by atoms with van der Waals surface area (Å²) in [6.45, 7) is 2.11. The van der Waals surface area contributed by atoms with E-state index in [-0.39, 0.29) is 17.1 Å². The Balaban J connectivity index is 1.99. The minimum absolute atomic E-state index is 0.137. The van der Waals surface area contributed by atoms with E-state index in [0.29, 0.717) is 5.92 Å². The van der Waals surface area contributed by atoms with Crippen molar-refractivity contribution in [2.75, 3.05) is 5.32 Å². The molecule has 1 aliphatic carbocycles. The summed E-state index contributed by atoms with van der Waals surface area (Å²) in [5, 5.41) is 2.56. The largest absolute Gasteiger partial charge is 0.315 e. The second kappa shape index (κ2) is 5.12. The first-order valence-corrected chi connectivity index (χ1v) is 6.89. The Morgan fingerprint density at radius 3 is 2.81 bits per heavy atom. The zero-order valence-corrected chi connectivity index (χ0v) is 12.0. The van der Waals surface area contributed by atoms with Crippen molar-refractivity contribution in [2.24, 2.45) is 7.05 Å². The van der Waals surface area contributed by atoms with E-state index in [4.69, 9.17) is 0 Å². The Morgan fingerprint density at radius 2 is 2.10 bits per heavy atom. The first-order valence-electron chi connectivity index (χ1n) is 6.89. The molecule has 1 N–H and O–H groups in total. The number of aromatic nitrogens is 3. The maximum Gasteiger partial charge on any atom is 0.263 e. The van der Waals surface area contributed by atoms with E-state index in [1.165, 1.54) is 12.4 Å². The molecule has 0 aromatic carbocycles. The van der Waals surface area contributed by atoms with Gasteiger partial charge in [-0.2, -0.15) is 0 Å². The van der Waals surface area contributed by atoms with Crippen LogP contribution in [0.1, 0.15) is 40.9 Å². The molecule has 1 aliphatic rings. The van der Waals surface area contributed by atoms with Crippen LogP contribution in [0, 0.1) is 0 Å². The van der Waals surface area contributed by atoms with Crippen molar-refractivity contribution in [3.8, 4) is 0 Å². The number of carbonyl (C=O) groups excluding carboxylic acids is 1. The molecule has 0 fully saturated rings. The van der Waals surface area contributed by atoms with E-state index in [0.717, 1.165) is 24.1 Å². The molecular weight excluding hydrogens is 268 g/mol. The van der Waals surface area contributed by atoms with Gasteiger partial charge >= 0.3 is 0 Å². The normalized spacial score (nSPS) is 16.6. The van der Waals surface area contributed by atoms with Gasteiger partial charge in [-0.05, 0) is 36.5 Å². The molecule has 0 radical (unpaired) electrons. The van der Waals surface area contributed by atoms with Gasteiger partial charge in [0.15, 0.2) is 0 Å². The van der Waals surface area contributed by atoms with Crippen molar-refractivity contribution in [2.45, 2.75) is 25.7 Å². The molecule has 2 aromatic rings. The number of rotatable bonds is 2. The summed E-state index contributed by atoms with van der Waals surface area (Å²) in [6.07, 6.45) is 4.96. The molecule has 21 heavy (non-hydrogen) atoms. The molecule has 0 saturated heterocycles. The SMILES string of the molecule is CC1CCc2c1cc(C(=O)Nc1ncccn1)c(=O)n2C. The number of pyridine rings is 1. The number of carbonyl (C=O) groups is 1. The molecular formula is C15H16N4O2. The van der Waals surface area contributed by atoms with E-state index in [2.05, 4.69) is 22.2 Å². The lowest BCUT2D eigenvalue weighted by Crippen LogP contribution is -2.30. The Bertz CT molecular complexity index is 752. The summed E-state index contributed by atoms with van der Waals surface area (Å²) in [6, 6.07) is 3.37. The van der Waals surface area contributed by atoms with Gasteiger partial charge in [-0.1, -0.05) is 6.92 Å². The minimum atomic E-state index is -0.469. The summed E-state index contributed by atoms with van der Waals surface area (Å²) >= 11 is 0. The van der Waals surface area contributed by atoms with E-state index < -0.39 is 5.91 Å². The lowest BCUT2D eigenvalue weighted by Gasteiger charge is -2.11. The third kappa shape index (κ3) is 2.33. The second-order valence-electron chi connectivity index (χ2n) is 5.29. The van der Waals surface area contributed by atoms with Gasteiger partial charge < -0.3 is 4.57 Å². The summed E-state index contributed by atoms with van der Waals surface area (Å²) in [5.41, 5.74) is 1.96. The topological polar surface area (TPSA) is 76.9 Å². The number of nitrogens with zero attached hydrogens (tertiary/aromatic N) is 3. The molecule has 1 atom stereocenters. The van der Waals surface area contributed by atoms with Crippen molar-refractivity contribution < 1.29 is 4.79 Å². The molecule has 0 aliphatic heterocycles. The maximum atomic E-state index is 12.3. The van der Waals surface area contributed by atoms with Gasteiger partial charge in [-0.3, -0.25) is 14.9 Å². The first-order chi connectivity index (χ1) is 10.1. The van der Waals surface area contributed by atoms with E-state index in [9.17, 15) is 9.59 Å². The van der Waals surface area contributed by atoms with Gasteiger partial charge in [-0.15, -0.1) is 0 Å². The lowest BCUT2D eigenvalue weighted by atomic mass is 10.0. The van der Waals surface area contributed by atoms with Gasteiger partial charge in [0, 0.05) is 25.1 Å². The van der Waals surface area contributed by atoms with Gasteiger partial charge in [-0.25, -0.2) is 9.97 Å². The molecule has 2 heterocycles. The van der Waals surface area contributed by atoms with Crippen LogP contribution in [0.5, 0.6) is 0 Å². The average molecular weight is 284 g/mol. The number of anilines is 1. The fourth-order valence-electron chi connectivity index (χ4n) is 2.74. The molecule has 2 aromatic heterocycles. The number of hydrogen-bond acceptors (Lipinski definition) is 4. The molecule has 1 amide bonds. The van der Waals surface area contributed by atoms with Crippen LogP contribution >= 0.6 is 0 Å². The fourth-order valence-corrected chi connectivity index (χ4v) is 2.74. The molecule has 0 bridgehead atoms. The zero-order valence-electron chi connectivity index (χ0n) is 12.0. The Kier molecular flexibility index (Phi) is 3.29. The van der Waals surface area contributed by atoms with Crippen LogP contribution in [-0.4, -0.2) is 20.4 Å². The molecule has 6 nitrogen and oxygen atoms in total. The number of amides is 1. The molecule has 6 heteroatoms. The van der Waals surface area contributed by atoms with Crippen LogP contribution < -0.4 is 10.9 Å². The van der Waals surface area contributed by atoms with Crippen molar-refractivity contribution in [1.29, 1.82) is 0 Å². The smallest absolute Gasteiger partial charge is 0.263 e. The van der Waals surface area contributed by atoms with Crippen molar-refractivity contribution in [1.82, 2.24) is 14.5 Å². The third-order valence-corrected chi connectivity index (χ3v) is 3.95. The third-order valence-electron chi connectivity index (χ3n) is 3.95. The van der Waals surface area contributed by atoms with Crippen molar-refractivity contribution >= 4 is 11.9 Å². The van der Waals surface area contributed by atoms with Crippen LogP contribution in [0.15, 0.2) is 29.3 Å². The highest BCUT2D eigenvalue weighted by Crippen LogP contribution is 2.31. The standard InChI is InChI=1S/C15H16N4O2/c1-9-4-5-12-10(9)8-11(14(21)19(12)2)13(20)18-15-16-6-3-7-17-15/h3,6-9H,4-5H2,1-2H3,(H,16,17,18,20). The van der Waals surface area contributed by atoms with E-state index in [1.807, 2.05) is 0 Å². The number of hydrogen-bond donors (Lipinski definition) is 1. The Morgan fingerprint density at radius 1 is 1.38 bits per heavy atom. The summed E-state index contributed by atoms with van der Waals surface area (Å²) < 4.78 is 1.58. The highest BCUT2D eigenvalue weighted by molar-refractivity contribution is 6.03. The van der Waals surface area contributed by atoms with E-state index >= 15 is 0 Å². The Labute approximate surface area is 121 Å². The highest BCUT2D eigenvalue weighted by atomic mass is 16.2. The predicted molar refractivity (Wildman–Crippen MR) is 78.4 cm³/mol. The van der Waals surface area contributed by atoms with Gasteiger partial charge in [0.25, 0.3) is 11.5 Å². The number of fused-ring (bicyclic) bond motifs is 1. The number of nitrogens with one attached hydrogen (secondary N) is 1. The Hall–Kier alpha value is -2.50. The lowest BCUT2D eigenvalue weighted by molar-refractivity contribution is 0.102. The first kappa shape index (κ1) is 13.5. The monoisotopic (exact) mass is 284 g/mol. The zero-order chi connectivity index (χ0) is 15.0. The summed E-state index contributed by atoms with van der Waals surface area (Å²) in [4.78, 5) is 32.5. The molecule has 108 valence electrons. The van der Waals surface area contributed by atoms with Crippen LogP contribution in [0.3, 0.4) is 0 Å². The van der Waals surface area contributed by atoms with Crippen LogP contribution in [0.2, 0.25) is 0 Å². The fraction of sp³-hybridized carbons (Fsp3) is 0.333. The van der Waals surface area contributed by atoms with Crippen LogP contribution in [0.25, 0.3) is 0 Å². The molecule has 1 unspecified atom stereocenters. The van der Waals surface area contributed by atoms with Crippen LogP contribution in [-0.2, 0) is 13.5 Å². The quantitative estimate of drug-likeness (QED) is 0.906. The molecule has 0 saturated carbocycles. The average Bonchev–Trinajstić information content (AvgIpc) is 2.85.